The van der Waals surface area contributed by atoms with Crippen molar-refractivity contribution >= 4 is 29.9 Å². The molecule has 1 aliphatic heterocycles. The van der Waals surface area contributed by atoms with Crippen molar-refractivity contribution in [1.82, 2.24) is 25.4 Å². The first kappa shape index (κ1) is 24.6. The third-order valence-electron chi connectivity index (χ3n) is 5.16. The van der Waals surface area contributed by atoms with Crippen molar-refractivity contribution in [2.75, 3.05) is 26.2 Å². The van der Waals surface area contributed by atoms with Crippen LogP contribution in [0.2, 0.25) is 0 Å². The molecular weight excluding hydrogens is 491 g/mol. The highest BCUT2D eigenvalue weighted by molar-refractivity contribution is 14.0. The van der Waals surface area contributed by atoms with Gasteiger partial charge in [-0.15, -0.1) is 34.2 Å². The predicted octanol–water partition coefficient (Wildman–Crippen LogP) is 3.20. The van der Waals surface area contributed by atoms with Crippen molar-refractivity contribution < 1.29 is 4.74 Å². The summed E-state index contributed by atoms with van der Waals surface area (Å²) in [4.78, 5) is 4.78. The molecule has 1 aromatic heterocycles. The average Bonchev–Trinajstić information content (AvgIpc) is 3.23. The lowest BCUT2D eigenvalue weighted by molar-refractivity contribution is 0.0224. The van der Waals surface area contributed by atoms with Crippen LogP contribution in [-0.2, 0) is 24.1 Å². The number of aryl methyl sites for hydroxylation is 2. The van der Waals surface area contributed by atoms with E-state index in [1.807, 2.05) is 0 Å². The fraction of sp³-hybridized carbons (Fsp3) is 0.591. The van der Waals surface area contributed by atoms with E-state index >= 15 is 0 Å². The molecule has 8 heteroatoms. The summed E-state index contributed by atoms with van der Waals surface area (Å²) >= 11 is 0. The number of aromatic nitrogens is 3. The number of rotatable bonds is 10. The molecule has 0 spiro atoms. The van der Waals surface area contributed by atoms with Crippen LogP contribution >= 0.6 is 24.0 Å². The summed E-state index contributed by atoms with van der Waals surface area (Å²) < 4.78 is 7.91. The lowest BCUT2D eigenvalue weighted by atomic mass is 10.1. The van der Waals surface area contributed by atoms with E-state index in [9.17, 15) is 0 Å². The Morgan fingerprint density at radius 3 is 2.80 bits per heavy atom. The Labute approximate surface area is 197 Å². The summed E-state index contributed by atoms with van der Waals surface area (Å²) in [5.41, 5.74) is 1.37. The van der Waals surface area contributed by atoms with E-state index in [1.54, 1.807) is 6.33 Å². The van der Waals surface area contributed by atoms with Crippen LogP contribution in [0, 0.1) is 0 Å². The first-order chi connectivity index (χ1) is 14.3. The number of nitrogens with one attached hydrogen (secondary N) is 2. The highest BCUT2D eigenvalue weighted by Crippen LogP contribution is 2.12. The number of halogens is 1. The van der Waals surface area contributed by atoms with Gasteiger partial charge < -0.3 is 19.9 Å². The number of hydrogen-bond acceptors (Lipinski definition) is 4. The molecule has 2 heterocycles. The van der Waals surface area contributed by atoms with Crippen LogP contribution in [0.1, 0.15) is 44.0 Å². The van der Waals surface area contributed by atoms with Gasteiger partial charge in [0.2, 0.25) is 0 Å². The minimum atomic E-state index is 0. The Balaban J connectivity index is 0.00000320. The molecule has 7 nitrogen and oxygen atoms in total. The maximum Gasteiger partial charge on any atom is 0.191 e. The van der Waals surface area contributed by atoms with E-state index in [2.05, 4.69) is 62.7 Å². The molecule has 2 N–H and O–H groups in total. The van der Waals surface area contributed by atoms with Gasteiger partial charge in [0.1, 0.15) is 12.2 Å². The van der Waals surface area contributed by atoms with Crippen molar-refractivity contribution in [3.63, 3.8) is 0 Å². The second-order valence-electron chi connectivity index (χ2n) is 7.41. The summed E-state index contributed by atoms with van der Waals surface area (Å²) in [5, 5.41) is 15.1. The number of hydrogen-bond donors (Lipinski definition) is 2. The van der Waals surface area contributed by atoms with Gasteiger partial charge in [0.15, 0.2) is 5.96 Å². The van der Waals surface area contributed by atoms with Gasteiger partial charge in [0, 0.05) is 32.7 Å². The lowest BCUT2D eigenvalue weighted by Crippen LogP contribution is -2.40. The zero-order chi connectivity index (χ0) is 20.2. The van der Waals surface area contributed by atoms with Crippen LogP contribution in [0.15, 0.2) is 41.7 Å². The molecule has 2 aromatic rings. The molecule has 0 saturated carbocycles. The molecule has 0 amide bonds. The van der Waals surface area contributed by atoms with Crippen LogP contribution in [0.25, 0.3) is 0 Å². The summed E-state index contributed by atoms with van der Waals surface area (Å²) in [6, 6.07) is 10.6. The molecule has 0 aliphatic carbocycles. The Bertz CT molecular complexity index is 730. The Morgan fingerprint density at radius 2 is 2.03 bits per heavy atom. The Morgan fingerprint density at radius 1 is 1.20 bits per heavy atom. The average molecular weight is 526 g/mol. The highest BCUT2D eigenvalue weighted by Gasteiger charge is 2.13. The van der Waals surface area contributed by atoms with Gasteiger partial charge in [-0.25, -0.2) is 0 Å². The fourth-order valence-corrected chi connectivity index (χ4v) is 3.50. The fourth-order valence-electron chi connectivity index (χ4n) is 3.50. The van der Waals surface area contributed by atoms with E-state index < -0.39 is 0 Å². The van der Waals surface area contributed by atoms with Crippen molar-refractivity contribution in [1.29, 1.82) is 0 Å². The standard InChI is InChI=1S/C22H34N6O.HI/c1-2-21-27-26-18-28(21)15-14-24-22(25-17-20-12-6-7-16-29-20)23-13-8-11-19-9-4-3-5-10-19;/h3-5,9-10,18,20H,2,6-8,11-17H2,1H3,(H2,23,24,25);1H. The summed E-state index contributed by atoms with van der Waals surface area (Å²) in [6.45, 7) is 6.15. The van der Waals surface area contributed by atoms with Crippen LogP contribution < -0.4 is 10.6 Å². The molecule has 30 heavy (non-hydrogen) atoms. The number of aliphatic imine (C=N–C) groups is 1. The maximum absolute atomic E-state index is 5.82. The van der Waals surface area contributed by atoms with E-state index in [0.29, 0.717) is 6.54 Å². The summed E-state index contributed by atoms with van der Waals surface area (Å²) in [5.74, 6) is 1.87. The second-order valence-corrected chi connectivity index (χ2v) is 7.41. The van der Waals surface area contributed by atoms with Crippen molar-refractivity contribution in [3.8, 4) is 0 Å². The highest BCUT2D eigenvalue weighted by atomic mass is 127. The third kappa shape index (κ3) is 8.59. The van der Waals surface area contributed by atoms with Gasteiger partial charge in [-0.05, 0) is 37.7 Å². The van der Waals surface area contributed by atoms with Crippen LogP contribution in [0.3, 0.4) is 0 Å². The van der Waals surface area contributed by atoms with Gasteiger partial charge in [-0.3, -0.25) is 4.99 Å². The monoisotopic (exact) mass is 526 g/mol. The second kappa shape index (κ2) is 14.3. The summed E-state index contributed by atoms with van der Waals surface area (Å²) in [7, 11) is 0. The third-order valence-corrected chi connectivity index (χ3v) is 5.16. The van der Waals surface area contributed by atoms with Crippen LogP contribution in [0.5, 0.6) is 0 Å². The topological polar surface area (TPSA) is 76.4 Å². The number of guanidine groups is 1. The van der Waals surface area contributed by atoms with Crippen LogP contribution in [-0.4, -0.2) is 53.1 Å². The zero-order valence-electron chi connectivity index (χ0n) is 17.9. The first-order valence-electron chi connectivity index (χ1n) is 10.9. The largest absolute Gasteiger partial charge is 0.376 e. The minimum absolute atomic E-state index is 0. The van der Waals surface area contributed by atoms with E-state index in [4.69, 9.17) is 9.73 Å². The molecule has 0 radical (unpaired) electrons. The van der Waals surface area contributed by atoms with Gasteiger partial charge in [0.25, 0.3) is 0 Å². The molecule has 166 valence electrons. The normalized spacial score (nSPS) is 16.7. The predicted molar refractivity (Wildman–Crippen MR) is 131 cm³/mol. The number of benzene rings is 1. The maximum atomic E-state index is 5.82. The van der Waals surface area contributed by atoms with Gasteiger partial charge >= 0.3 is 0 Å². The Hall–Kier alpha value is -1.68. The molecule has 3 rings (SSSR count). The number of ether oxygens (including phenoxy) is 1. The smallest absolute Gasteiger partial charge is 0.191 e. The molecule has 1 unspecified atom stereocenters. The van der Waals surface area contributed by atoms with Gasteiger partial charge in [-0.2, -0.15) is 0 Å². The van der Waals surface area contributed by atoms with Gasteiger partial charge in [-0.1, -0.05) is 37.3 Å². The zero-order valence-corrected chi connectivity index (χ0v) is 20.3. The molecule has 1 aromatic carbocycles. The summed E-state index contributed by atoms with van der Waals surface area (Å²) in [6.07, 6.45) is 8.56. The molecule has 1 fully saturated rings. The van der Waals surface area contributed by atoms with Crippen molar-refractivity contribution in [2.24, 2.45) is 4.99 Å². The van der Waals surface area contributed by atoms with E-state index in [1.165, 1.54) is 18.4 Å². The van der Waals surface area contributed by atoms with Gasteiger partial charge in [0.05, 0.1) is 12.6 Å². The quantitative estimate of drug-likeness (QED) is 0.215. The van der Waals surface area contributed by atoms with Crippen molar-refractivity contribution in [2.45, 2.75) is 58.1 Å². The van der Waals surface area contributed by atoms with E-state index in [0.717, 1.165) is 63.7 Å². The first-order valence-corrected chi connectivity index (χ1v) is 10.9. The number of nitrogens with zero attached hydrogens (tertiary/aromatic N) is 4. The minimum Gasteiger partial charge on any atom is -0.376 e. The molecule has 1 atom stereocenters. The van der Waals surface area contributed by atoms with Crippen molar-refractivity contribution in [3.05, 3.63) is 48.0 Å². The molecule has 1 aliphatic rings. The van der Waals surface area contributed by atoms with E-state index in [-0.39, 0.29) is 30.1 Å². The Kier molecular flexibility index (Phi) is 11.8. The SMILES string of the molecule is CCc1nncn1CCNC(=NCC1CCCCO1)NCCCc1ccccc1.I. The molecule has 1 saturated heterocycles. The molecule has 0 bridgehead atoms. The van der Waals surface area contributed by atoms with Crippen LogP contribution in [0.4, 0.5) is 0 Å². The lowest BCUT2D eigenvalue weighted by Gasteiger charge is -2.21. The molecular formula is C22H35IN6O.